The van der Waals surface area contributed by atoms with E-state index in [9.17, 15) is 8.42 Å². The van der Waals surface area contributed by atoms with Crippen molar-refractivity contribution in [3.8, 4) is 0 Å². The topological polar surface area (TPSA) is 77.8 Å². The second-order valence-corrected chi connectivity index (χ2v) is 3.89. The highest BCUT2D eigenvalue weighted by atomic mass is 35.5. The number of hydrogen-bond donors (Lipinski definition) is 2. The van der Waals surface area contributed by atoms with Crippen LogP contribution in [0.3, 0.4) is 0 Å². The van der Waals surface area contributed by atoms with Crippen LogP contribution >= 0.6 is 11.6 Å². The van der Waals surface area contributed by atoms with Crippen LogP contribution in [0, 0.1) is 0 Å². The molecular formula is C4H10ClNO4S. The Balaban J connectivity index is 3.98. The highest BCUT2D eigenvalue weighted by Gasteiger charge is 2.16. The zero-order valence-corrected chi connectivity index (χ0v) is 7.51. The molecule has 0 radical (unpaired) electrons. The molecule has 0 aromatic carbocycles. The molecule has 0 saturated carbocycles. The van der Waals surface area contributed by atoms with Crippen LogP contribution in [0.15, 0.2) is 0 Å². The minimum Gasteiger partial charge on any atom is -0.391 e. The first-order valence-electron chi connectivity index (χ1n) is 2.80. The van der Waals surface area contributed by atoms with Gasteiger partial charge in [-0.1, -0.05) is 0 Å². The summed E-state index contributed by atoms with van der Waals surface area (Å²) < 4.78 is 29.6. The predicted molar refractivity (Wildman–Crippen MR) is 40.9 cm³/mol. The monoisotopic (exact) mass is 203 g/mol. The molecule has 7 heteroatoms. The summed E-state index contributed by atoms with van der Waals surface area (Å²) in [5.41, 5.74) is 0. The van der Waals surface area contributed by atoms with Crippen molar-refractivity contribution < 1.29 is 18.1 Å². The predicted octanol–water partition coefficient (Wildman–Crippen LogP) is -0.679. The van der Waals surface area contributed by atoms with Gasteiger partial charge >= 0.3 is 10.3 Å². The third kappa shape index (κ3) is 4.54. The molecule has 0 aromatic heterocycles. The normalized spacial score (nSPS) is 15.4. The summed E-state index contributed by atoms with van der Waals surface area (Å²) in [4.78, 5) is 0. The molecule has 1 atom stereocenters. The van der Waals surface area contributed by atoms with Crippen LogP contribution in [0.1, 0.15) is 0 Å². The molecular weight excluding hydrogens is 194 g/mol. The van der Waals surface area contributed by atoms with E-state index in [4.69, 9.17) is 21.3 Å². The van der Waals surface area contributed by atoms with Gasteiger partial charge in [0.2, 0.25) is 0 Å². The van der Waals surface area contributed by atoms with Gasteiger partial charge in [-0.2, -0.15) is 12.7 Å². The molecule has 0 aromatic rings. The van der Waals surface area contributed by atoms with Crippen molar-refractivity contribution in [1.29, 1.82) is 0 Å². The number of aliphatic hydroxyl groups is 1. The van der Waals surface area contributed by atoms with Crippen LogP contribution in [0.2, 0.25) is 0 Å². The Morgan fingerprint density at radius 2 is 2.09 bits per heavy atom. The Bertz CT molecular complexity index is 204. The number of hydrogen-bond acceptors (Lipinski definition) is 3. The van der Waals surface area contributed by atoms with Gasteiger partial charge < -0.3 is 5.11 Å². The molecule has 11 heavy (non-hydrogen) atoms. The fourth-order valence-corrected chi connectivity index (χ4v) is 0.898. The fraction of sp³-hybridized carbons (Fsp3) is 1.00. The summed E-state index contributed by atoms with van der Waals surface area (Å²) in [6.07, 6.45) is -0.955. The zero-order valence-electron chi connectivity index (χ0n) is 5.94. The molecule has 0 aliphatic carbocycles. The van der Waals surface area contributed by atoms with Gasteiger partial charge in [-0.15, -0.1) is 11.6 Å². The summed E-state index contributed by atoms with van der Waals surface area (Å²) in [6, 6.07) is 0. The Hall–Kier alpha value is 0.120. The third-order valence-corrected chi connectivity index (χ3v) is 2.33. The SMILES string of the molecule is CN(C[C@H](O)CCl)S(=O)(=O)O. The second kappa shape index (κ2) is 4.22. The first-order valence-corrected chi connectivity index (χ1v) is 4.74. The van der Waals surface area contributed by atoms with Gasteiger partial charge in [0.1, 0.15) is 0 Å². The van der Waals surface area contributed by atoms with Crippen molar-refractivity contribution in [3.63, 3.8) is 0 Å². The van der Waals surface area contributed by atoms with Crippen LogP contribution < -0.4 is 0 Å². The zero-order chi connectivity index (χ0) is 9.07. The van der Waals surface area contributed by atoms with Crippen LogP contribution in [0.5, 0.6) is 0 Å². The largest absolute Gasteiger partial charge is 0.391 e. The lowest BCUT2D eigenvalue weighted by molar-refractivity contribution is 0.170. The molecule has 0 amide bonds. The van der Waals surface area contributed by atoms with Gasteiger partial charge in [0.25, 0.3) is 0 Å². The Labute approximate surface area is 70.5 Å². The minimum absolute atomic E-state index is 0.0696. The molecule has 0 fully saturated rings. The lowest BCUT2D eigenvalue weighted by Gasteiger charge is -2.14. The van der Waals surface area contributed by atoms with Crippen LogP contribution in [-0.4, -0.2) is 48.0 Å². The third-order valence-electron chi connectivity index (χ3n) is 1.04. The summed E-state index contributed by atoms with van der Waals surface area (Å²) in [7, 11) is -3.05. The molecule has 2 N–H and O–H groups in total. The maximum Gasteiger partial charge on any atom is 0.335 e. The first kappa shape index (κ1) is 11.1. The number of aliphatic hydroxyl groups excluding tert-OH is 1. The Kier molecular flexibility index (Phi) is 4.27. The van der Waals surface area contributed by atoms with Gasteiger partial charge in [0.15, 0.2) is 0 Å². The molecule has 0 aliphatic rings. The van der Waals surface area contributed by atoms with Crippen molar-refractivity contribution in [1.82, 2.24) is 4.31 Å². The average molecular weight is 204 g/mol. The van der Waals surface area contributed by atoms with Gasteiger partial charge in [-0.05, 0) is 0 Å². The van der Waals surface area contributed by atoms with E-state index in [0.717, 1.165) is 7.05 Å². The van der Waals surface area contributed by atoms with Crippen LogP contribution in [0.25, 0.3) is 0 Å². The number of halogens is 1. The molecule has 68 valence electrons. The summed E-state index contributed by atoms with van der Waals surface area (Å²) in [5.74, 6) is -0.0696. The van der Waals surface area contributed by atoms with Crippen molar-refractivity contribution in [2.45, 2.75) is 6.10 Å². The van der Waals surface area contributed by atoms with E-state index < -0.39 is 16.4 Å². The van der Waals surface area contributed by atoms with Crippen molar-refractivity contribution in [3.05, 3.63) is 0 Å². The number of alkyl halides is 1. The molecule has 0 saturated heterocycles. The minimum atomic E-state index is -4.19. The number of likely N-dealkylation sites (N-methyl/N-ethyl adjacent to an activating group) is 1. The van der Waals surface area contributed by atoms with Gasteiger partial charge in [0.05, 0.1) is 6.10 Å². The van der Waals surface area contributed by atoms with Crippen molar-refractivity contribution >= 4 is 21.9 Å². The van der Waals surface area contributed by atoms with E-state index >= 15 is 0 Å². The van der Waals surface area contributed by atoms with Gasteiger partial charge in [0, 0.05) is 19.5 Å². The van der Waals surface area contributed by atoms with E-state index in [1.54, 1.807) is 0 Å². The summed E-state index contributed by atoms with van der Waals surface area (Å²) >= 11 is 5.19. The molecule has 0 spiro atoms. The van der Waals surface area contributed by atoms with E-state index in [2.05, 4.69) is 0 Å². The molecule has 5 nitrogen and oxygen atoms in total. The smallest absolute Gasteiger partial charge is 0.335 e. The summed E-state index contributed by atoms with van der Waals surface area (Å²) in [6.45, 7) is -0.206. The van der Waals surface area contributed by atoms with Gasteiger partial charge in [-0.25, -0.2) is 0 Å². The highest BCUT2D eigenvalue weighted by molar-refractivity contribution is 7.83. The summed E-state index contributed by atoms with van der Waals surface area (Å²) in [5, 5.41) is 8.84. The van der Waals surface area contributed by atoms with E-state index in [1.165, 1.54) is 0 Å². The maximum absolute atomic E-state index is 10.3. The number of rotatable bonds is 4. The second-order valence-electron chi connectivity index (χ2n) is 2.07. The lowest BCUT2D eigenvalue weighted by Crippen LogP contribution is -2.34. The molecule has 0 rings (SSSR count). The molecule has 0 heterocycles. The Morgan fingerprint density at radius 1 is 1.64 bits per heavy atom. The van der Waals surface area contributed by atoms with Crippen LogP contribution in [-0.2, 0) is 10.3 Å². The molecule has 0 aliphatic heterocycles. The van der Waals surface area contributed by atoms with E-state index in [-0.39, 0.29) is 12.4 Å². The number of nitrogens with zero attached hydrogens (tertiary/aromatic N) is 1. The maximum atomic E-state index is 10.3. The average Bonchev–Trinajstić information content (AvgIpc) is 1.85. The van der Waals surface area contributed by atoms with Crippen LogP contribution in [0.4, 0.5) is 0 Å². The Morgan fingerprint density at radius 3 is 2.36 bits per heavy atom. The van der Waals surface area contributed by atoms with E-state index in [1.807, 2.05) is 0 Å². The molecule has 0 bridgehead atoms. The van der Waals surface area contributed by atoms with Crippen molar-refractivity contribution in [2.75, 3.05) is 19.5 Å². The van der Waals surface area contributed by atoms with Crippen molar-refractivity contribution in [2.24, 2.45) is 0 Å². The lowest BCUT2D eigenvalue weighted by atomic mass is 10.4. The first-order chi connectivity index (χ1) is 4.88. The highest BCUT2D eigenvalue weighted by Crippen LogP contribution is 1.96. The quantitative estimate of drug-likeness (QED) is 0.469. The molecule has 0 unspecified atom stereocenters. The van der Waals surface area contributed by atoms with Gasteiger partial charge in [-0.3, -0.25) is 4.55 Å². The van der Waals surface area contributed by atoms with E-state index in [0.29, 0.717) is 4.31 Å². The standard InChI is InChI=1S/C4H10ClNO4S/c1-6(11(8,9)10)3-4(7)2-5/h4,7H,2-3H2,1H3,(H,8,9,10)/t4-/m1/s1. The fourth-order valence-electron chi connectivity index (χ4n) is 0.440.